The van der Waals surface area contributed by atoms with Gasteiger partial charge < -0.3 is 10.1 Å². The summed E-state index contributed by atoms with van der Waals surface area (Å²) >= 11 is 4.95. The number of ether oxygens (including phenoxy) is 1. The Balaban J connectivity index is 1.78. The van der Waals surface area contributed by atoms with Gasteiger partial charge in [0.2, 0.25) is 5.91 Å². The third kappa shape index (κ3) is 5.72. The Morgan fingerprint density at radius 3 is 2.40 bits per heavy atom. The molecule has 2 aromatic rings. The van der Waals surface area contributed by atoms with Crippen molar-refractivity contribution in [3.63, 3.8) is 0 Å². The highest BCUT2D eigenvalue weighted by Gasteiger charge is 2.22. The molecule has 0 heterocycles. The van der Waals surface area contributed by atoms with Gasteiger partial charge in [-0.15, -0.1) is 0 Å². The fraction of sp³-hybridized carbons (Fsp3) is 0.278. The molecule has 0 aromatic heterocycles. The third-order valence-electron chi connectivity index (χ3n) is 3.31. The number of hydrogen-bond acceptors (Lipinski definition) is 4. The van der Waals surface area contributed by atoms with E-state index < -0.39 is 11.3 Å². The number of amides is 2. The van der Waals surface area contributed by atoms with E-state index in [4.69, 9.17) is 17.0 Å². The van der Waals surface area contributed by atoms with Crippen LogP contribution in [0.2, 0.25) is 0 Å². The number of carbonyl (C=O) groups is 2. The highest BCUT2D eigenvalue weighted by atomic mass is 32.1. The van der Waals surface area contributed by atoms with Crippen LogP contribution in [0.3, 0.4) is 0 Å². The maximum atomic E-state index is 11.8. The van der Waals surface area contributed by atoms with E-state index >= 15 is 0 Å². The fourth-order valence-electron chi connectivity index (χ4n) is 1.89. The summed E-state index contributed by atoms with van der Waals surface area (Å²) in [6.07, 6.45) is 0. The number of nitrogens with one attached hydrogen (secondary N) is 3. The second-order valence-electron chi connectivity index (χ2n) is 6.50. The number of hydrogen-bond donors (Lipinski definition) is 3. The predicted molar refractivity (Wildman–Crippen MR) is 101 cm³/mol. The summed E-state index contributed by atoms with van der Waals surface area (Å²) < 4.78 is 5.46. The molecular weight excluding hydrogens is 338 g/mol. The Bertz CT molecular complexity index is 799. The van der Waals surface area contributed by atoms with Crippen LogP contribution in [0.4, 0.5) is 0 Å². The van der Waals surface area contributed by atoms with Crippen LogP contribution < -0.4 is 20.9 Å². The van der Waals surface area contributed by atoms with E-state index in [2.05, 4.69) is 16.2 Å². The molecule has 0 bridgehead atoms. The van der Waals surface area contributed by atoms with Gasteiger partial charge in [-0.1, -0.05) is 51.1 Å². The van der Waals surface area contributed by atoms with Crippen molar-refractivity contribution < 1.29 is 14.3 Å². The van der Waals surface area contributed by atoms with Gasteiger partial charge >= 0.3 is 0 Å². The Kier molecular flexibility index (Phi) is 5.93. The largest absolute Gasteiger partial charge is 0.484 e. The van der Waals surface area contributed by atoms with Crippen LogP contribution in [0.1, 0.15) is 20.8 Å². The fourth-order valence-corrected chi connectivity index (χ4v) is 2.03. The van der Waals surface area contributed by atoms with Crippen LogP contribution in [0, 0.1) is 5.41 Å². The van der Waals surface area contributed by atoms with Gasteiger partial charge in [0.15, 0.2) is 11.7 Å². The van der Waals surface area contributed by atoms with Gasteiger partial charge in [-0.25, -0.2) is 0 Å². The lowest BCUT2D eigenvalue weighted by molar-refractivity contribution is -0.127. The normalized spacial score (nSPS) is 10.8. The summed E-state index contributed by atoms with van der Waals surface area (Å²) in [6.45, 7) is 5.12. The molecule has 0 aliphatic carbocycles. The van der Waals surface area contributed by atoms with E-state index in [1.165, 1.54) is 0 Å². The second-order valence-corrected chi connectivity index (χ2v) is 6.91. The second kappa shape index (κ2) is 7.94. The number of carbonyl (C=O) groups excluding carboxylic acids is 2. The molecule has 0 spiro atoms. The number of benzene rings is 2. The van der Waals surface area contributed by atoms with Crippen LogP contribution in [0.15, 0.2) is 42.5 Å². The minimum atomic E-state index is -0.574. The molecule has 25 heavy (non-hydrogen) atoms. The Morgan fingerprint density at radius 2 is 1.72 bits per heavy atom. The number of rotatable bonds is 3. The molecule has 2 rings (SSSR count). The summed E-state index contributed by atoms with van der Waals surface area (Å²) in [5, 5.41) is 4.65. The zero-order valence-electron chi connectivity index (χ0n) is 14.4. The molecule has 6 nitrogen and oxygen atoms in total. The van der Waals surface area contributed by atoms with Crippen molar-refractivity contribution in [2.24, 2.45) is 5.41 Å². The summed E-state index contributed by atoms with van der Waals surface area (Å²) in [4.78, 5) is 23.6. The first-order valence-corrected chi connectivity index (χ1v) is 8.18. The van der Waals surface area contributed by atoms with E-state index in [-0.39, 0.29) is 17.6 Å². The SMILES string of the molecule is CC(C)(C)C(=O)NC(=S)NNC(=O)COc1ccc2ccccc2c1. The molecule has 0 saturated carbocycles. The first-order chi connectivity index (χ1) is 11.8. The molecule has 0 fully saturated rings. The van der Waals surface area contributed by atoms with Crippen LogP contribution in [0.5, 0.6) is 5.75 Å². The summed E-state index contributed by atoms with van der Waals surface area (Å²) in [5.41, 5.74) is 4.27. The minimum Gasteiger partial charge on any atom is -0.484 e. The molecule has 3 N–H and O–H groups in total. The highest BCUT2D eigenvalue weighted by Crippen LogP contribution is 2.20. The topological polar surface area (TPSA) is 79.5 Å². The number of thiocarbonyl (C=S) groups is 1. The van der Waals surface area contributed by atoms with Crippen molar-refractivity contribution in [2.45, 2.75) is 20.8 Å². The minimum absolute atomic E-state index is 0.0268. The molecule has 0 radical (unpaired) electrons. The van der Waals surface area contributed by atoms with Crippen molar-refractivity contribution in [1.82, 2.24) is 16.2 Å². The van der Waals surface area contributed by atoms with E-state index in [0.717, 1.165) is 10.8 Å². The van der Waals surface area contributed by atoms with Gasteiger partial charge in [0, 0.05) is 5.41 Å². The molecular formula is C18H21N3O3S. The maximum absolute atomic E-state index is 11.8. The Hall–Kier alpha value is -2.67. The lowest BCUT2D eigenvalue weighted by atomic mass is 9.96. The van der Waals surface area contributed by atoms with Gasteiger partial charge in [0.25, 0.3) is 5.91 Å². The molecule has 0 saturated heterocycles. The maximum Gasteiger partial charge on any atom is 0.276 e. The van der Waals surface area contributed by atoms with Crippen molar-refractivity contribution in [1.29, 1.82) is 0 Å². The lowest BCUT2D eigenvalue weighted by Crippen LogP contribution is -2.51. The van der Waals surface area contributed by atoms with Crippen LogP contribution >= 0.6 is 12.2 Å². The van der Waals surface area contributed by atoms with Gasteiger partial charge in [-0.3, -0.25) is 20.4 Å². The first kappa shape index (κ1) is 18.7. The van der Waals surface area contributed by atoms with Crippen molar-refractivity contribution in [3.8, 4) is 5.75 Å². The van der Waals surface area contributed by atoms with E-state index in [1.54, 1.807) is 26.8 Å². The Labute approximate surface area is 151 Å². The predicted octanol–water partition coefficient (Wildman–Crippen LogP) is 2.29. The van der Waals surface area contributed by atoms with Crippen LogP contribution in [-0.4, -0.2) is 23.5 Å². The van der Waals surface area contributed by atoms with E-state index in [1.807, 2.05) is 36.4 Å². The van der Waals surface area contributed by atoms with Crippen molar-refractivity contribution >= 4 is 39.9 Å². The zero-order valence-corrected chi connectivity index (χ0v) is 15.2. The molecule has 2 amide bonds. The molecule has 7 heteroatoms. The van der Waals surface area contributed by atoms with Crippen LogP contribution in [-0.2, 0) is 9.59 Å². The first-order valence-electron chi connectivity index (χ1n) is 7.77. The average Bonchev–Trinajstić information content (AvgIpc) is 2.57. The van der Waals surface area contributed by atoms with Gasteiger partial charge in [-0.05, 0) is 35.1 Å². The molecule has 0 aliphatic heterocycles. The van der Waals surface area contributed by atoms with Crippen molar-refractivity contribution in [3.05, 3.63) is 42.5 Å². The lowest BCUT2D eigenvalue weighted by Gasteiger charge is -2.18. The van der Waals surface area contributed by atoms with Crippen molar-refractivity contribution in [2.75, 3.05) is 6.61 Å². The van der Waals surface area contributed by atoms with Gasteiger partial charge in [0.05, 0.1) is 0 Å². The zero-order chi connectivity index (χ0) is 18.4. The smallest absolute Gasteiger partial charge is 0.276 e. The average molecular weight is 359 g/mol. The van der Waals surface area contributed by atoms with Gasteiger partial charge in [-0.2, -0.15) is 0 Å². The van der Waals surface area contributed by atoms with Gasteiger partial charge in [0.1, 0.15) is 5.75 Å². The Morgan fingerprint density at radius 1 is 1.04 bits per heavy atom. The molecule has 0 unspecified atom stereocenters. The summed E-state index contributed by atoms with van der Waals surface area (Å²) in [7, 11) is 0. The summed E-state index contributed by atoms with van der Waals surface area (Å²) in [6, 6.07) is 13.5. The number of hydrazine groups is 1. The molecule has 0 atom stereocenters. The molecule has 132 valence electrons. The monoisotopic (exact) mass is 359 g/mol. The molecule has 0 aliphatic rings. The standard InChI is InChI=1S/C18H21N3O3S/c1-18(2,3)16(23)19-17(25)21-20-15(22)11-24-14-9-8-12-6-4-5-7-13(12)10-14/h4-10H,11H2,1-3H3,(H,20,22)(H2,19,21,23,25). The highest BCUT2D eigenvalue weighted by molar-refractivity contribution is 7.80. The summed E-state index contributed by atoms with van der Waals surface area (Å²) in [5.74, 6) is -0.0651. The number of fused-ring (bicyclic) bond motifs is 1. The third-order valence-corrected chi connectivity index (χ3v) is 3.52. The molecule has 2 aromatic carbocycles. The van der Waals surface area contributed by atoms with E-state index in [9.17, 15) is 9.59 Å². The quantitative estimate of drug-likeness (QED) is 0.579. The van der Waals surface area contributed by atoms with Crippen LogP contribution in [0.25, 0.3) is 10.8 Å². The van der Waals surface area contributed by atoms with E-state index in [0.29, 0.717) is 5.75 Å².